The van der Waals surface area contributed by atoms with Crippen LogP contribution in [0.3, 0.4) is 0 Å². The fourth-order valence-corrected chi connectivity index (χ4v) is 2.99. The summed E-state index contributed by atoms with van der Waals surface area (Å²) in [6.45, 7) is 6.72. The molecule has 21 heavy (non-hydrogen) atoms. The molecule has 1 amide bonds. The summed E-state index contributed by atoms with van der Waals surface area (Å²) >= 11 is 0. The number of carboxylic acids is 1. The zero-order valence-electron chi connectivity index (χ0n) is 13.5. The number of carboxylic acid groups (broad SMARTS) is 1. The van der Waals surface area contributed by atoms with Gasteiger partial charge in [-0.1, -0.05) is 25.7 Å². The summed E-state index contributed by atoms with van der Waals surface area (Å²) in [5.74, 6) is -1.02. The molecule has 1 aliphatic carbocycles. The highest BCUT2D eigenvalue weighted by molar-refractivity contribution is 5.85. The summed E-state index contributed by atoms with van der Waals surface area (Å²) in [5.41, 5.74) is -1.30. The lowest BCUT2D eigenvalue weighted by Gasteiger charge is -2.29. The van der Waals surface area contributed by atoms with E-state index in [1.165, 1.54) is 0 Å². The van der Waals surface area contributed by atoms with Crippen molar-refractivity contribution in [1.29, 1.82) is 0 Å². The summed E-state index contributed by atoms with van der Waals surface area (Å²) < 4.78 is 5.53. The van der Waals surface area contributed by atoms with Crippen LogP contribution in [0.25, 0.3) is 0 Å². The molecule has 0 atom stereocenters. The Kier molecular flexibility index (Phi) is 6.65. The Morgan fingerprint density at radius 3 is 2.24 bits per heavy atom. The maximum absolute atomic E-state index is 12.2. The van der Waals surface area contributed by atoms with Crippen LogP contribution in [-0.2, 0) is 14.3 Å². The number of amides is 1. The molecule has 1 aliphatic rings. The number of hydrogen-bond donors (Lipinski definition) is 2. The number of nitrogens with one attached hydrogen (secondary N) is 1. The molecule has 122 valence electrons. The molecule has 0 aliphatic heterocycles. The van der Waals surface area contributed by atoms with E-state index in [1.54, 1.807) is 0 Å². The first-order valence-electron chi connectivity index (χ1n) is 7.95. The summed E-state index contributed by atoms with van der Waals surface area (Å²) in [4.78, 5) is 23.8. The quantitative estimate of drug-likeness (QED) is 0.709. The van der Waals surface area contributed by atoms with Gasteiger partial charge in [0.15, 0.2) is 0 Å². The topological polar surface area (TPSA) is 75.6 Å². The molecule has 0 radical (unpaired) electrons. The lowest BCUT2D eigenvalue weighted by Crippen LogP contribution is -2.43. The molecule has 1 rings (SSSR count). The fourth-order valence-electron chi connectivity index (χ4n) is 2.99. The van der Waals surface area contributed by atoms with Crippen molar-refractivity contribution in [2.75, 3.05) is 13.2 Å². The highest BCUT2D eigenvalue weighted by Gasteiger charge is 2.40. The van der Waals surface area contributed by atoms with Gasteiger partial charge in [0.05, 0.1) is 11.0 Å². The second-order valence-corrected chi connectivity index (χ2v) is 6.65. The average molecular weight is 299 g/mol. The van der Waals surface area contributed by atoms with Crippen molar-refractivity contribution in [3.05, 3.63) is 0 Å². The smallest absolute Gasteiger partial charge is 0.310 e. The Labute approximate surface area is 127 Å². The molecule has 1 saturated carbocycles. The van der Waals surface area contributed by atoms with Gasteiger partial charge in [0.25, 0.3) is 0 Å². The maximum atomic E-state index is 12.2. The summed E-state index contributed by atoms with van der Waals surface area (Å²) in [6.07, 6.45) is 5.19. The van der Waals surface area contributed by atoms with E-state index < -0.39 is 17.0 Å². The number of rotatable bonds is 7. The van der Waals surface area contributed by atoms with Gasteiger partial charge in [-0.05, 0) is 33.6 Å². The zero-order chi connectivity index (χ0) is 15.9. The number of ether oxygens (including phenoxy) is 1. The molecule has 0 aromatic carbocycles. The van der Waals surface area contributed by atoms with Crippen molar-refractivity contribution in [3.63, 3.8) is 0 Å². The van der Waals surface area contributed by atoms with Gasteiger partial charge < -0.3 is 15.2 Å². The standard InChI is InChI=1S/C16H29NO4/c1-4-21-15(2,3)12-17-13(18)11-16(14(19)20)9-7-5-6-8-10-16/h4-12H2,1-3H3,(H,17,18)(H,19,20). The van der Waals surface area contributed by atoms with Crippen LogP contribution >= 0.6 is 0 Å². The lowest BCUT2D eigenvalue weighted by atomic mass is 9.77. The van der Waals surface area contributed by atoms with Crippen LogP contribution in [0, 0.1) is 5.41 Å². The molecule has 5 heteroatoms. The Morgan fingerprint density at radius 2 is 1.76 bits per heavy atom. The number of carbonyl (C=O) groups excluding carboxylic acids is 1. The molecule has 0 bridgehead atoms. The molecule has 1 fully saturated rings. The molecule has 0 unspecified atom stereocenters. The van der Waals surface area contributed by atoms with E-state index in [0.717, 1.165) is 25.7 Å². The minimum absolute atomic E-state index is 0.0739. The largest absolute Gasteiger partial charge is 0.481 e. The van der Waals surface area contributed by atoms with Crippen molar-refractivity contribution in [3.8, 4) is 0 Å². The molecular weight excluding hydrogens is 270 g/mol. The van der Waals surface area contributed by atoms with E-state index in [9.17, 15) is 14.7 Å². The third kappa shape index (κ3) is 5.65. The van der Waals surface area contributed by atoms with Gasteiger partial charge in [-0.25, -0.2) is 0 Å². The van der Waals surface area contributed by atoms with Gasteiger partial charge in [0.2, 0.25) is 5.91 Å². The minimum atomic E-state index is -0.879. The van der Waals surface area contributed by atoms with Gasteiger partial charge in [0.1, 0.15) is 0 Å². The van der Waals surface area contributed by atoms with Crippen LogP contribution in [0.4, 0.5) is 0 Å². The van der Waals surface area contributed by atoms with Crippen LogP contribution in [0.2, 0.25) is 0 Å². The van der Waals surface area contributed by atoms with Crippen LogP contribution in [0.1, 0.15) is 65.7 Å². The second kappa shape index (κ2) is 7.78. The van der Waals surface area contributed by atoms with Crippen molar-refractivity contribution >= 4 is 11.9 Å². The molecule has 2 N–H and O–H groups in total. The molecule has 0 aromatic rings. The molecule has 0 heterocycles. The fraction of sp³-hybridized carbons (Fsp3) is 0.875. The van der Waals surface area contributed by atoms with Crippen molar-refractivity contribution in [1.82, 2.24) is 5.32 Å². The molecule has 0 spiro atoms. The van der Waals surface area contributed by atoms with Gasteiger partial charge in [0, 0.05) is 19.6 Å². The van der Waals surface area contributed by atoms with E-state index in [4.69, 9.17) is 4.74 Å². The summed E-state index contributed by atoms with van der Waals surface area (Å²) in [5, 5.41) is 12.4. The first kappa shape index (κ1) is 18.0. The van der Waals surface area contributed by atoms with Gasteiger partial charge >= 0.3 is 5.97 Å². The number of carbonyl (C=O) groups is 2. The normalized spacial score (nSPS) is 18.8. The Balaban J connectivity index is 2.59. The van der Waals surface area contributed by atoms with Gasteiger partial charge in [-0.15, -0.1) is 0 Å². The van der Waals surface area contributed by atoms with Crippen molar-refractivity contribution < 1.29 is 19.4 Å². The molecule has 5 nitrogen and oxygen atoms in total. The van der Waals surface area contributed by atoms with Crippen LogP contribution in [0.5, 0.6) is 0 Å². The summed E-state index contributed by atoms with van der Waals surface area (Å²) in [6, 6.07) is 0. The van der Waals surface area contributed by atoms with E-state index in [2.05, 4.69) is 5.32 Å². The number of aliphatic carboxylic acids is 1. The predicted molar refractivity (Wildman–Crippen MR) is 81.1 cm³/mol. The third-order valence-electron chi connectivity index (χ3n) is 4.26. The second-order valence-electron chi connectivity index (χ2n) is 6.65. The Morgan fingerprint density at radius 1 is 1.19 bits per heavy atom. The average Bonchev–Trinajstić information content (AvgIpc) is 2.63. The highest BCUT2D eigenvalue weighted by Crippen LogP contribution is 2.38. The van der Waals surface area contributed by atoms with Crippen molar-refractivity contribution in [2.45, 2.75) is 71.3 Å². The van der Waals surface area contributed by atoms with Crippen LogP contribution in [0.15, 0.2) is 0 Å². The third-order valence-corrected chi connectivity index (χ3v) is 4.26. The first-order valence-corrected chi connectivity index (χ1v) is 7.95. The lowest BCUT2D eigenvalue weighted by molar-refractivity contribution is -0.153. The van der Waals surface area contributed by atoms with E-state index in [1.807, 2.05) is 20.8 Å². The molecular formula is C16H29NO4. The predicted octanol–water partition coefficient (Wildman–Crippen LogP) is 2.73. The van der Waals surface area contributed by atoms with E-state index >= 15 is 0 Å². The van der Waals surface area contributed by atoms with E-state index in [-0.39, 0.29) is 12.3 Å². The number of hydrogen-bond acceptors (Lipinski definition) is 3. The highest BCUT2D eigenvalue weighted by atomic mass is 16.5. The molecule has 0 saturated heterocycles. The maximum Gasteiger partial charge on any atom is 0.310 e. The monoisotopic (exact) mass is 299 g/mol. The van der Waals surface area contributed by atoms with Gasteiger partial charge in [-0.2, -0.15) is 0 Å². The zero-order valence-corrected chi connectivity index (χ0v) is 13.5. The molecule has 0 aromatic heterocycles. The minimum Gasteiger partial charge on any atom is -0.481 e. The summed E-state index contributed by atoms with van der Waals surface area (Å²) in [7, 11) is 0. The van der Waals surface area contributed by atoms with Gasteiger partial charge in [-0.3, -0.25) is 9.59 Å². The SMILES string of the molecule is CCOC(C)(C)CNC(=O)CC1(C(=O)O)CCCCCC1. The van der Waals surface area contributed by atoms with Crippen molar-refractivity contribution in [2.24, 2.45) is 5.41 Å². The first-order chi connectivity index (χ1) is 9.81. The Hall–Kier alpha value is -1.10. The Bertz CT molecular complexity index is 357. The van der Waals surface area contributed by atoms with E-state index in [0.29, 0.717) is 26.0 Å². The van der Waals surface area contributed by atoms with Crippen LogP contribution < -0.4 is 5.32 Å². The van der Waals surface area contributed by atoms with Crippen LogP contribution in [-0.4, -0.2) is 35.7 Å².